The highest BCUT2D eigenvalue weighted by atomic mass is 16.6. The zero-order valence-corrected chi connectivity index (χ0v) is 12.5. The molecule has 0 aliphatic heterocycles. The van der Waals surface area contributed by atoms with Crippen molar-refractivity contribution in [1.29, 1.82) is 0 Å². The summed E-state index contributed by atoms with van der Waals surface area (Å²) in [4.78, 5) is 35.7. The Labute approximate surface area is 128 Å². The molecule has 1 aromatic carbocycles. The number of benzene rings is 1. The third-order valence-electron chi connectivity index (χ3n) is 4.40. The number of methoxy groups -OCH3 is 1. The molecule has 6 heteroatoms. The van der Waals surface area contributed by atoms with Gasteiger partial charge in [0.15, 0.2) is 5.78 Å². The van der Waals surface area contributed by atoms with Gasteiger partial charge in [-0.1, -0.05) is 36.8 Å². The van der Waals surface area contributed by atoms with Crippen molar-refractivity contribution < 1.29 is 19.2 Å². The fraction of sp³-hybridized carbons (Fsp3) is 0.500. The Morgan fingerprint density at radius 3 is 2.59 bits per heavy atom. The number of Topliss-reactive ketones (excluding diaryl/α,β-unsaturated/α-hetero) is 1. The minimum absolute atomic E-state index is 0.249. The van der Waals surface area contributed by atoms with E-state index in [2.05, 4.69) is 0 Å². The molecule has 2 rings (SSSR count). The summed E-state index contributed by atoms with van der Waals surface area (Å²) >= 11 is 0. The van der Waals surface area contributed by atoms with Gasteiger partial charge in [0.2, 0.25) is 6.54 Å². The molecule has 0 spiro atoms. The van der Waals surface area contributed by atoms with E-state index >= 15 is 0 Å². The minimum atomic E-state index is -1.44. The van der Waals surface area contributed by atoms with E-state index in [1.54, 1.807) is 30.3 Å². The molecule has 2 atom stereocenters. The topological polar surface area (TPSA) is 86.5 Å². The molecule has 6 nitrogen and oxygen atoms in total. The van der Waals surface area contributed by atoms with Gasteiger partial charge in [0.05, 0.1) is 13.0 Å². The van der Waals surface area contributed by atoms with Crippen LogP contribution in [0.1, 0.15) is 37.2 Å². The van der Waals surface area contributed by atoms with Crippen molar-refractivity contribution in [3.63, 3.8) is 0 Å². The third-order valence-corrected chi connectivity index (χ3v) is 4.40. The first-order valence-corrected chi connectivity index (χ1v) is 7.31. The number of rotatable bonds is 5. The van der Waals surface area contributed by atoms with Crippen LogP contribution in [0.5, 0.6) is 0 Å². The third kappa shape index (κ3) is 2.86. The maximum absolute atomic E-state index is 12.6. The molecule has 1 aromatic rings. The lowest BCUT2D eigenvalue weighted by Crippen LogP contribution is -2.49. The van der Waals surface area contributed by atoms with Gasteiger partial charge in [-0.3, -0.25) is 19.7 Å². The van der Waals surface area contributed by atoms with Crippen LogP contribution in [0.25, 0.3) is 0 Å². The molecule has 1 saturated carbocycles. The summed E-state index contributed by atoms with van der Waals surface area (Å²) < 4.78 is 4.87. The molecule has 1 aliphatic rings. The molecule has 0 radical (unpaired) electrons. The number of nitro groups is 1. The second kappa shape index (κ2) is 6.68. The van der Waals surface area contributed by atoms with Gasteiger partial charge in [-0.25, -0.2) is 0 Å². The molecule has 0 heterocycles. The predicted molar refractivity (Wildman–Crippen MR) is 79.0 cm³/mol. The van der Waals surface area contributed by atoms with Crippen molar-refractivity contribution in [2.75, 3.05) is 13.7 Å². The molecule has 0 N–H and O–H groups in total. The van der Waals surface area contributed by atoms with E-state index in [1.165, 1.54) is 7.11 Å². The van der Waals surface area contributed by atoms with E-state index in [9.17, 15) is 19.7 Å². The molecule has 22 heavy (non-hydrogen) atoms. The van der Waals surface area contributed by atoms with Crippen LogP contribution in [-0.2, 0) is 14.3 Å². The molecule has 0 saturated heterocycles. The Kier molecular flexibility index (Phi) is 4.90. The summed E-state index contributed by atoms with van der Waals surface area (Å²) in [6.45, 7) is -0.467. The number of ether oxygens (including phenoxy) is 1. The van der Waals surface area contributed by atoms with Crippen LogP contribution in [0.15, 0.2) is 30.3 Å². The largest absolute Gasteiger partial charge is 0.468 e. The Hall–Kier alpha value is -2.24. The zero-order chi connectivity index (χ0) is 16.2. The highest BCUT2D eigenvalue weighted by Gasteiger charge is 2.55. The van der Waals surface area contributed by atoms with E-state index in [0.29, 0.717) is 24.8 Å². The Balaban J connectivity index is 2.55. The van der Waals surface area contributed by atoms with Crippen molar-refractivity contribution in [3.8, 4) is 0 Å². The number of nitrogens with zero attached hydrogens (tertiary/aromatic N) is 1. The van der Waals surface area contributed by atoms with Crippen LogP contribution in [-0.4, -0.2) is 30.3 Å². The summed E-state index contributed by atoms with van der Waals surface area (Å²) in [6, 6.07) is 8.74. The summed E-state index contributed by atoms with van der Waals surface area (Å²) in [5.41, 5.74) is -0.818. The molecule has 1 fully saturated rings. The lowest BCUT2D eigenvalue weighted by atomic mass is 9.63. The van der Waals surface area contributed by atoms with Gasteiger partial charge in [0.25, 0.3) is 0 Å². The van der Waals surface area contributed by atoms with Crippen molar-refractivity contribution >= 4 is 11.8 Å². The van der Waals surface area contributed by atoms with Crippen molar-refractivity contribution in [2.24, 2.45) is 5.41 Å². The Bertz CT molecular complexity index is 561. The van der Waals surface area contributed by atoms with Gasteiger partial charge in [-0.2, -0.15) is 0 Å². The molecule has 0 amide bonds. The monoisotopic (exact) mass is 305 g/mol. The number of hydrogen-bond acceptors (Lipinski definition) is 5. The first kappa shape index (κ1) is 16.1. The number of ketones is 1. The Morgan fingerprint density at radius 1 is 1.36 bits per heavy atom. The first-order chi connectivity index (χ1) is 10.5. The normalized spacial score (nSPS) is 22.9. The van der Waals surface area contributed by atoms with Crippen LogP contribution in [0.3, 0.4) is 0 Å². The van der Waals surface area contributed by atoms with Crippen molar-refractivity contribution in [2.45, 2.75) is 31.6 Å². The Morgan fingerprint density at radius 2 is 2.05 bits per heavy atom. The molecule has 0 aromatic heterocycles. The van der Waals surface area contributed by atoms with E-state index < -0.39 is 28.8 Å². The molecule has 118 valence electrons. The summed E-state index contributed by atoms with van der Waals surface area (Å²) in [7, 11) is 1.22. The highest BCUT2D eigenvalue weighted by molar-refractivity contribution is 6.05. The van der Waals surface area contributed by atoms with Crippen molar-refractivity contribution in [1.82, 2.24) is 0 Å². The molecular weight excluding hydrogens is 286 g/mol. The van der Waals surface area contributed by atoms with Gasteiger partial charge in [-0.15, -0.1) is 0 Å². The van der Waals surface area contributed by atoms with Gasteiger partial charge in [0, 0.05) is 11.3 Å². The summed E-state index contributed by atoms with van der Waals surface area (Å²) in [5, 5.41) is 11.1. The first-order valence-electron chi connectivity index (χ1n) is 7.31. The maximum Gasteiger partial charge on any atom is 0.320 e. The van der Waals surface area contributed by atoms with Gasteiger partial charge >= 0.3 is 5.97 Å². The van der Waals surface area contributed by atoms with E-state index in [4.69, 9.17) is 4.74 Å². The lowest BCUT2D eigenvalue weighted by Gasteiger charge is -2.38. The quantitative estimate of drug-likeness (QED) is 0.361. The fourth-order valence-corrected chi connectivity index (χ4v) is 3.34. The lowest BCUT2D eigenvalue weighted by molar-refractivity contribution is -0.485. The summed E-state index contributed by atoms with van der Waals surface area (Å²) in [5.74, 6) is -1.71. The second-order valence-electron chi connectivity index (χ2n) is 5.57. The number of esters is 1. The van der Waals surface area contributed by atoms with Crippen LogP contribution in [0.4, 0.5) is 0 Å². The number of carbonyl (C=O) groups is 2. The predicted octanol–water partition coefficient (Wildman–Crippen LogP) is 2.35. The summed E-state index contributed by atoms with van der Waals surface area (Å²) in [6.07, 6.45) is 1.95. The fourth-order valence-electron chi connectivity index (χ4n) is 3.34. The van der Waals surface area contributed by atoms with Crippen LogP contribution >= 0.6 is 0 Å². The number of hydrogen-bond donors (Lipinski definition) is 0. The SMILES string of the molecule is COC(=O)[C@@]1([C@@H](C[N+](=O)[O-])c2ccccc2)CCCCC1=O. The highest BCUT2D eigenvalue weighted by Crippen LogP contribution is 2.46. The molecular formula is C16H19NO5. The van der Waals surface area contributed by atoms with Crippen LogP contribution in [0, 0.1) is 15.5 Å². The molecule has 0 bridgehead atoms. The average molecular weight is 305 g/mol. The zero-order valence-electron chi connectivity index (χ0n) is 12.5. The average Bonchev–Trinajstić information content (AvgIpc) is 2.53. The van der Waals surface area contributed by atoms with Crippen LogP contribution < -0.4 is 0 Å². The number of carbonyl (C=O) groups excluding carboxylic acids is 2. The maximum atomic E-state index is 12.6. The standard InChI is InChI=1S/C16H19NO5/c1-22-15(19)16(10-6-5-9-14(16)18)13(11-17(20)21)12-7-3-2-4-8-12/h2-4,7-8,13H,5-6,9-11H2,1H3/t13-,16+/m0/s1. The molecule has 1 aliphatic carbocycles. The van der Waals surface area contributed by atoms with Crippen LogP contribution in [0.2, 0.25) is 0 Å². The second-order valence-corrected chi connectivity index (χ2v) is 5.57. The minimum Gasteiger partial charge on any atom is -0.468 e. The van der Waals surface area contributed by atoms with E-state index in [-0.39, 0.29) is 12.2 Å². The van der Waals surface area contributed by atoms with Crippen molar-refractivity contribution in [3.05, 3.63) is 46.0 Å². The van der Waals surface area contributed by atoms with E-state index in [1.807, 2.05) is 0 Å². The van der Waals surface area contributed by atoms with Gasteiger partial charge < -0.3 is 4.74 Å². The van der Waals surface area contributed by atoms with E-state index in [0.717, 1.165) is 0 Å². The van der Waals surface area contributed by atoms with Gasteiger partial charge in [-0.05, 0) is 18.4 Å². The molecule has 0 unspecified atom stereocenters. The van der Waals surface area contributed by atoms with Gasteiger partial charge in [0.1, 0.15) is 5.41 Å². The smallest absolute Gasteiger partial charge is 0.320 e.